The zero-order chi connectivity index (χ0) is 15.6. The van der Waals surface area contributed by atoms with Crippen LogP contribution in [0, 0.1) is 10.1 Å². The molecule has 7 nitrogen and oxygen atoms in total. The number of benzene rings is 2. The lowest BCUT2D eigenvalue weighted by Gasteiger charge is -2.23. The van der Waals surface area contributed by atoms with Gasteiger partial charge in [-0.15, -0.1) is 0 Å². The largest absolute Gasteiger partial charge is 0.506 e. The summed E-state index contributed by atoms with van der Waals surface area (Å²) >= 11 is 0. The molecule has 0 aliphatic carbocycles. The summed E-state index contributed by atoms with van der Waals surface area (Å²) in [5, 5.41) is 20.7. The normalized spacial score (nSPS) is 11.1. The van der Waals surface area contributed by atoms with E-state index < -0.39 is 14.9 Å². The molecule has 0 aliphatic rings. The third-order valence-corrected chi connectivity index (χ3v) is 3.78. The monoisotopic (exact) mass is 308 g/mol. The summed E-state index contributed by atoms with van der Waals surface area (Å²) in [6, 6.07) is 11.2. The van der Waals surface area contributed by atoms with Crippen LogP contribution in [0.3, 0.4) is 0 Å². The summed E-state index contributed by atoms with van der Waals surface area (Å²) in [6.07, 6.45) is 0.957. The maximum absolute atomic E-state index is 12.0. The van der Waals surface area contributed by atoms with Crippen LogP contribution in [-0.2, 0) is 10.0 Å². The molecule has 0 aliphatic heterocycles. The number of hydrogen-bond donors (Lipinski definition) is 1. The molecular weight excluding hydrogens is 296 g/mol. The molecule has 0 saturated carbocycles. The first-order chi connectivity index (χ1) is 9.80. The highest BCUT2D eigenvalue weighted by atomic mass is 32.2. The summed E-state index contributed by atoms with van der Waals surface area (Å²) in [6.45, 7) is 0. The Hall–Kier alpha value is -2.61. The first-order valence-corrected chi connectivity index (χ1v) is 7.68. The molecule has 0 bridgehead atoms. The Labute approximate surface area is 121 Å². The lowest BCUT2D eigenvalue weighted by atomic mass is 10.2. The van der Waals surface area contributed by atoms with E-state index in [9.17, 15) is 23.6 Å². The molecule has 0 unspecified atom stereocenters. The molecule has 0 spiro atoms. The first-order valence-electron chi connectivity index (χ1n) is 5.83. The van der Waals surface area contributed by atoms with Gasteiger partial charge in [0.1, 0.15) is 11.4 Å². The zero-order valence-corrected chi connectivity index (χ0v) is 11.8. The molecule has 0 radical (unpaired) electrons. The number of nitro benzene ring substituents is 1. The lowest BCUT2D eigenvalue weighted by Crippen LogP contribution is -2.24. The van der Waals surface area contributed by atoms with Gasteiger partial charge in [-0.2, -0.15) is 0 Å². The van der Waals surface area contributed by atoms with E-state index in [1.54, 1.807) is 18.2 Å². The molecule has 110 valence electrons. The Balaban J connectivity index is 2.69. The second-order valence-electron chi connectivity index (χ2n) is 4.29. The fraction of sp³-hybridized carbons (Fsp3) is 0.0769. The third-order valence-electron chi connectivity index (χ3n) is 2.71. The van der Waals surface area contributed by atoms with Crippen molar-refractivity contribution in [2.24, 2.45) is 0 Å². The minimum Gasteiger partial charge on any atom is -0.506 e. The second kappa shape index (κ2) is 5.41. The van der Waals surface area contributed by atoms with Crippen LogP contribution in [0.2, 0.25) is 0 Å². The number of non-ortho nitro benzene ring substituents is 1. The Morgan fingerprint density at radius 1 is 1.14 bits per heavy atom. The smallest absolute Gasteiger partial charge is 0.271 e. The van der Waals surface area contributed by atoms with E-state index in [1.165, 1.54) is 12.1 Å². The summed E-state index contributed by atoms with van der Waals surface area (Å²) in [5.41, 5.74) is -0.207. The predicted molar refractivity (Wildman–Crippen MR) is 78.2 cm³/mol. The molecule has 21 heavy (non-hydrogen) atoms. The SMILES string of the molecule is CS(=O)(=O)N(c1ccccc1)c1cc([N+](=O)[O-])ccc1O. The predicted octanol–water partition coefficient (Wildman–Crippen LogP) is 2.40. The molecule has 2 aromatic rings. The lowest BCUT2D eigenvalue weighted by molar-refractivity contribution is -0.384. The fourth-order valence-corrected chi connectivity index (χ4v) is 2.87. The number of sulfonamides is 1. The number of phenols is 1. The fourth-order valence-electron chi connectivity index (χ4n) is 1.86. The Kier molecular flexibility index (Phi) is 3.81. The summed E-state index contributed by atoms with van der Waals surface area (Å²) in [7, 11) is -3.79. The van der Waals surface area contributed by atoms with Gasteiger partial charge in [-0.3, -0.25) is 10.1 Å². The molecule has 0 atom stereocenters. The van der Waals surface area contributed by atoms with Crippen molar-refractivity contribution in [1.29, 1.82) is 0 Å². The highest BCUT2D eigenvalue weighted by molar-refractivity contribution is 7.92. The maximum Gasteiger partial charge on any atom is 0.271 e. The summed E-state index contributed by atoms with van der Waals surface area (Å²) in [4.78, 5) is 10.2. The van der Waals surface area contributed by atoms with E-state index in [1.807, 2.05) is 0 Å². The van der Waals surface area contributed by atoms with Crippen molar-refractivity contribution in [2.75, 3.05) is 10.6 Å². The minimum absolute atomic E-state index is 0.169. The van der Waals surface area contributed by atoms with Crippen LogP contribution < -0.4 is 4.31 Å². The molecule has 0 saturated heterocycles. The van der Waals surface area contributed by atoms with E-state index in [-0.39, 0.29) is 22.8 Å². The van der Waals surface area contributed by atoms with Gasteiger partial charge >= 0.3 is 0 Å². The maximum atomic E-state index is 12.0. The molecule has 2 rings (SSSR count). The Morgan fingerprint density at radius 2 is 1.76 bits per heavy atom. The zero-order valence-electron chi connectivity index (χ0n) is 11.0. The third kappa shape index (κ3) is 3.11. The van der Waals surface area contributed by atoms with Crippen molar-refractivity contribution in [3.05, 3.63) is 58.6 Å². The van der Waals surface area contributed by atoms with Crippen molar-refractivity contribution >= 4 is 27.1 Å². The number of nitrogens with zero attached hydrogens (tertiary/aromatic N) is 2. The molecule has 1 N–H and O–H groups in total. The number of rotatable bonds is 4. The highest BCUT2D eigenvalue weighted by Gasteiger charge is 2.24. The van der Waals surface area contributed by atoms with Crippen LogP contribution >= 0.6 is 0 Å². The standard InChI is InChI=1S/C13H12N2O5S/c1-21(19,20)14(10-5-3-2-4-6-10)12-9-11(15(17)18)7-8-13(12)16/h2-9,16H,1H3. The van der Waals surface area contributed by atoms with Crippen LogP contribution in [0.15, 0.2) is 48.5 Å². The van der Waals surface area contributed by atoms with E-state index in [2.05, 4.69) is 0 Å². The summed E-state index contributed by atoms with van der Waals surface area (Å²) < 4.78 is 24.9. The molecular formula is C13H12N2O5S. The Bertz CT molecular complexity index is 774. The van der Waals surface area contributed by atoms with Crippen molar-refractivity contribution in [3.8, 4) is 5.75 Å². The molecule has 8 heteroatoms. The van der Waals surface area contributed by atoms with E-state index in [4.69, 9.17) is 0 Å². The number of para-hydroxylation sites is 1. The second-order valence-corrected chi connectivity index (χ2v) is 6.12. The van der Waals surface area contributed by atoms with Crippen molar-refractivity contribution in [1.82, 2.24) is 0 Å². The van der Waals surface area contributed by atoms with Crippen molar-refractivity contribution in [2.45, 2.75) is 0 Å². The van der Waals surface area contributed by atoms with Crippen LogP contribution in [-0.4, -0.2) is 24.7 Å². The molecule has 0 heterocycles. The van der Waals surface area contributed by atoms with Crippen LogP contribution in [0.1, 0.15) is 0 Å². The van der Waals surface area contributed by atoms with Gasteiger partial charge in [-0.05, 0) is 18.2 Å². The molecule has 2 aromatic carbocycles. The van der Waals surface area contributed by atoms with Gasteiger partial charge in [0, 0.05) is 12.1 Å². The Morgan fingerprint density at radius 3 is 2.29 bits per heavy atom. The minimum atomic E-state index is -3.79. The number of phenolic OH excluding ortho intramolecular Hbond substituents is 1. The molecule has 0 aromatic heterocycles. The molecule has 0 fully saturated rings. The van der Waals surface area contributed by atoms with Crippen molar-refractivity contribution in [3.63, 3.8) is 0 Å². The van der Waals surface area contributed by atoms with E-state index in [0.717, 1.165) is 28.8 Å². The van der Waals surface area contributed by atoms with Gasteiger partial charge in [0.15, 0.2) is 0 Å². The number of nitro groups is 1. The quantitative estimate of drug-likeness (QED) is 0.690. The van der Waals surface area contributed by atoms with Gasteiger partial charge in [-0.25, -0.2) is 12.7 Å². The van der Waals surface area contributed by atoms with Gasteiger partial charge < -0.3 is 5.11 Å². The van der Waals surface area contributed by atoms with E-state index in [0.29, 0.717) is 0 Å². The topological polar surface area (TPSA) is 101 Å². The number of hydrogen-bond acceptors (Lipinski definition) is 5. The average molecular weight is 308 g/mol. The van der Waals surface area contributed by atoms with Crippen LogP contribution in [0.25, 0.3) is 0 Å². The average Bonchev–Trinajstić information content (AvgIpc) is 2.40. The highest BCUT2D eigenvalue weighted by Crippen LogP contribution is 2.37. The van der Waals surface area contributed by atoms with E-state index >= 15 is 0 Å². The van der Waals surface area contributed by atoms with Gasteiger partial charge in [0.2, 0.25) is 10.0 Å². The van der Waals surface area contributed by atoms with Gasteiger partial charge in [0.25, 0.3) is 5.69 Å². The number of aromatic hydroxyl groups is 1. The van der Waals surface area contributed by atoms with Gasteiger partial charge in [0.05, 0.1) is 16.9 Å². The van der Waals surface area contributed by atoms with Crippen LogP contribution in [0.5, 0.6) is 5.75 Å². The first kappa shape index (κ1) is 14.8. The molecule has 0 amide bonds. The van der Waals surface area contributed by atoms with Crippen LogP contribution in [0.4, 0.5) is 17.1 Å². The number of anilines is 2. The summed E-state index contributed by atoms with van der Waals surface area (Å²) in [5.74, 6) is -0.366. The van der Waals surface area contributed by atoms with Gasteiger partial charge in [-0.1, -0.05) is 18.2 Å². The van der Waals surface area contributed by atoms with Crippen molar-refractivity contribution < 1.29 is 18.4 Å².